The Morgan fingerprint density at radius 1 is 1.39 bits per heavy atom. The Bertz CT molecular complexity index is 775. The Morgan fingerprint density at radius 3 is 2.96 bits per heavy atom. The number of likely N-dealkylation sites (N-methyl/N-ethyl adjacent to an activating group) is 1. The van der Waals surface area contributed by atoms with Gasteiger partial charge >= 0.3 is 0 Å². The van der Waals surface area contributed by atoms with E-state index in [4.69, 9.17) is 21.3 Å². The van der Waals surface area contributed by atoms with E-state index in [1.807, 2.05) is 31.3 Å². The molecule has 2 aromatic rings. The second kappa shape index (κ2) is 10.5. The highest BCUT2D eigenvalue weighted by Gasteiger charge is 2.15. The molecule has 8 heteroatoms. The van der Waals surface area contributed by atoms with E-state index in [0.717, 1.165) is 55.1 Å². The van der Waals surface area contributed by atoms with Crippen molar-refractivity contribution in [3.63, 3.8) is 0 Å². The zero-order valence-corrected chi connectivity index (χ0v) is 18.1. The first-order valence-corrected chi connectivity index (χ1v) is 10.9. The number of aromatic nitrogens is 1. The first-order valence-electron chi connectivity index (χ1n) is 9.65. The highest BCUT2D eigenvalue weighted by molar-refractivity contribution is 7.13. The molecule has 1 N–H and O–H groups in total. The van der Waals surface area contributed by atoms with Crippen LogP contribution in [0.1, 0.15) is 18.5 Å². The van der Waals surface area contributed by atoms with Crippen molar-refractivity contribution in [2.75, 3.05) is 51.8 Å². The molecule has 0 aliphatic carbocycles. The molecule has 0 amide bonds. The lowest BCUT2D eigenvalue weighted by atomic mass is 10.3. The fourth-order valence-corrected chi connectivity index (χ4v) is 4.21. The van der Waals surface area contributed by atoms with E-state index in [-0.39, 0.29) is 0 Å². The van der Waals surface area contributed by atoms with Crippen molar-refractivity contribution in [2.45, 2.75) is 19.3 Å². The molecule has 0 radical (unpaired) electrons. The topological polar surface area (TPSA) is 53.0 Å². The van der Waals surface area contributed by atoms with Gasteiger partial charge < -0.3 is 19.9 Å². The molecular weight excluding hydrogens is 394 g/mol. The van der Waals surface area contributed by atoms with Crippen molar-refractivity contribution >= 4 is 34.0 Å². The molecule has 1 fully saturated rings. The SMILES string of the molecule is CN=C(NCCc1csc(N2CCCC2)n1)N(C)CCOc1cccc(Cl)c1. The van der Waals surface area contributed by atoms with Crippen molar-refractivity contribution < 1.29 is 4.74 Å². The molecule has 1 saturated heterocycles. The van der Waals surface area contributed by atoms with Crippen LogP contribution in [-0.4, -0.2) is 62.7 Å². The number of halogens is 1. The maximum absolute atomic E-state index is 5.98. The molecular formula is C20H28ClN5OS. The smallest absolute Gasteiger partial charge is 0.193 e. The van der Waals surface area contributed by atoms with Gasteiger partial charge in [0, 0.05) is 50.6 Å². The van der Waals surface area contributed by atoms with Crippen LogP contribution in [0.5, 0.6) is 5.75 Å². The Balaban J connectivity index is 1.38. The van der Waals surface area contributed by atoms with E-state index >= 15 is 0 Å². The summed E-state index contributed by atoms with van der Waals surface area (Å²) in [7, 11) is 3.80. The summed E-state index contributed by atoms with van der Waals surface area (Å²) in [5.41, 5.74) is 1.14. The summed E-state index contributed by atoms with van der Waals surface area (Å²) in [5, 5.41) is 7.41. The van der Waals surface area contributed by atoms with Gasteiger partial charge in [-0.1, -0.05) is 17.7 Å². The lowest BCUT2D eigenvalue weighted by molar-refractivity contribution is 0.281. The van der Waals surface area contributed by atoms with Gasteiger partial charge in [-0.05, 0) is 31.0 Å². The van der Waals surface area contributed by atoms with E-state index in [2.05, 4.69) is 25.5 Å². The molecule has 0 atom stereocenters. The Kier molecular flexibility index (Phi) is 7.80. The number of nitrogens with one attached hydrogen (secondary N) is 1. The van der Waals surface area contributed by atoms with Gasteiger partial charge in [-0.25, -0.2) is 4.98 Å². The molecule has 1 aliphatic rings. The number of anilines is 1. The van der Waals surface area contributed by atoms with Gasteiger partial charge in [0.15, 0.2) is 11.1 Å². The molecule has 3 rings (SSSR count). The molecule has 6 nitrogen and oxygen atoms in total. The fraction of sp³-hybridized carbons (Fsp3) is 0.500. The first kappa shape index (κ1) is 20.7. The Hall–Kier alpha value is -1.99. The number of benzene rings is 1. The molecule has 152 valence electrons. The van der Waals surface area contributed by atoms with E-state index in [1.54, 1.807) is 18.4 Å². The number of guanidine groups is 1. The van der Waals surface area contributed by atoms with Gasteiger partial charge in [-0.3, -0.25) is 4.99 Å². The minimum absolute atomic E-state index is 0.558. The van der Waals surface area contributed by atoms with E-state index < -0.39 is 0 Å². The highest BCUT2D eigenvalue weighted by atomic mass is 35.5. The monoisotopic (exact) mass is 421 g/mol. The lowest BCUT2D eigenvalue weighted by Gasteiger charge is -2.22. The maximum atomic E-state index is 5.98. The van der Waals surface area contributed by atoms with Crippen LogP contribution in [0.15, 0.2) is 34.6 Å². The average Bonchev–Trinajstić information content (AvgIpc) is 3.37. The second-order valence-electron chi connectivity index (χ2n) is 6.77. The molecule has 28 heavy (non-hydrogen) atoms. The Labute approximate surface area is 176 Å². The fourth-order valence-electron chi connectivity index (χ4n) is 3.11. The van der Waals surface area contributed by atoms with Crippen molar-refractivity contribution in [1.29, 1.82) is 0 Å². The average molecular weight is 422 g/mol. The van der Waals surface area contributed by atoms with Crippen molar-refractivity contribution in [3.8, 4) is 5.75 Å². The molecule has 0 unspecified atom stereocenters. The van der Waals surface area contributed by atoms with Gasteiger partial charge in [-0.15, -0.1) is 11.3 Å². The van der Waals surface area contributed by atoms with Gasteiger partial charge in [0.25, 0.3) is 0 Å². The van der Waals surface area contributed by atoms with Crippen LogP contribution < -0.4 is 15.0 Å². The van der Waals surface area contributed by atoms with Crippen LogP contribution >= 0.6 is 22.9 Å². The third-order valence-electron chi connectivity index (χ3n) is 4.65. The number of rotatable bonds is 8. The van der Waals surface area contributed by atoms with E-state index in [1.165, 1.54) is 12.8 Å². The number of aliphatic imine (C=N–C) groups is 1. The van der Waals surface area contributed by atoms with Crippen LogP contribution in [0.4, 0.5) is 5.13 Å². The normalized spacial score (nSPS) is 14.4. The summed E-state index contributed by atoms with van der Waals surface area (Å²) < 4.78 is 5.76. The van der Waals surface area contributed by atoms with Gasteiger partial charge in [-0.2, -0.15) is 0 Å². The van der Waals surface area contributed by atoms with Crippen molar-refractivity contribution in [2.24, 2.45) is 4.99 Å². The summed E-state index contributed by atoms with van der Waals surface area (Å²) in [5.74, 6) is 1.63. The van der Waals surface area contributed by atoms with Gasteiger partial charge in [0.2, 0.25) is 0 Å². The minimum atomic E-state index is 0.558. The zero-order valence-electron chi connectivity index (χ0n) is 16.5. The number of ether oxygens (including phenoxy) is 1. The molecule has 0 spiro atoms. The lowest BCUT2D eigenvalue weighted by Crippen LogP contribution is -2.41. The number of hydrogen-bond acceptors (Lipinski definition) is 5. The third kappa shape index (κ3) is 6.01. The maximum Gasteiger partial charge on any atom is 0.193 e. The predicted molar refractivity (Wildman–Crippen MR) is 118 cm³/mol. The largest absolute Gasteiger partial charge is 0.492 e. The molecule has 2 heterocycles. The predicted octanol–water partition coefficient (Wildman–Crippen LogP) is 3.53. The van der Waals surface area contributed by atoms with Crippen molar-refractivity contribution in [3.05, 3.63) is 40.4 Å². The summed E-state index contributed by atoms with van der Waals surface area (Å²) in [4.78, 5) is 13.6. The van der Waals surface area contributed by atoms with Gasteiger partial charge in [0.1, 0.15) is 12.4 Å². The standard InChI is InChI=1S/C20H28ClN5OS/c1-22-19(25(2)12-13-27-18-7-5-6-16(21)14-18)23-9-8-17-15-28-20(24-17)26-10-3-4-11-26/h5-7,14-15H,3-4,8-13H2,1-2H3,(H,22,23). The molecule has 1 aliphatic heterocycles. The van der Waals surface area contributed by atoms with Crippen molar-refractivity contribution in [1.82, 2.24) is 15.2 Å². The molecule has 0 bridgehead atoms. The van der Waals surface area contributed by atoms with E-state index in [9.17, 15) is 0 Å². The van der Waals surface area contributed by atoms with Crippen LogP contribution in [0.3, 0.4) is 0 Å². The Morgan fingerprint density at radius 2 is 2.21 bits per heavy atom. The molecule has 0 saturated carbocycles. The van der Waals surface area contributed by atoms with Crippen LogP contribution in [0, 0.1) is 0 Å². The molecule has 1 aromatic heterocycles. The zero-order chi connectivity index (χ0) is 19.8. The highest BCUT2D eigenvalue weighted by Crippen LogP contribution is 2.24. The number of thiazole rings is 1. The van der Waals surface area contributed by atoms with Gasteiger partial charge in [0.05, 0.1) is 12.2 Å². The quantitative estimate of drug-likeness (QED) is 0.522. The second-order valence-corrected chi connectivity index (χ2v) is 8.04. The minimum Gasteiger partial charge on any atom is -0.492 e. The van der Waals surface area contributed by atoms with E-state index in [0.29, 0.717) is 11.6 Å². The summed E-state index contributed by atoms with van der Waals surface area (Å²) in [6.07, 6.45) is 3.44. The summed E-state index contributed by atoms with van der Waals surface area (Å²) >= 11 is 7.73. The van der Waals surface area contributed by atoms with Crippen LogP contribution in [0.25, 0.3) is 0 Å². The summed E-state index contributed by atoms with van der Waals surface area (Å²) in [6.45, 7) is 4.36. The molecule has 1 aromatic carbocycles. The third-order valence-corrected chi connectivity index (χ3v) is 5.83. The van der Waals surface area contributed by atoms with Crippen LogP contribution in [-0.2, 0) is 6.42 Å². The number of nitrogens with zero attached hydrogens (tertiary/aromatic N) is 4. The summed E-state index contributed by atoms with van der Waals surface area (Å²) in [6, 6.07) is 7.44. The first-order chi connectivity index (χ1) is 13.7. The number of hydrogen-bond donors (Lipinski definition) is 1. The van der Waals surface area contributed by atoms with Crippen LogP contribution in [0.2, 0.25) is 5.02 Å².